The van der Waals surface area contributed by atoms with Gasteiger partial charge in [-0.25, -0.2) is 4.98 Å². The number of nitrogens with zero attached hydrogens (tertiary/aromatic N) is 1. The number of anilines is 2. The molecule has 0 aliphatic rings. The standard InChI is InChI=1S/C15H14ClN3O3/c1-9(20)18-10-5-6-13(22-2)12(8-10)19-15(21)11-4-3-7-17-14(11)16/h3-8H,1-2H3,(H,18,20)(H,19,21). The number of benzene rings is 1. The van der Waals surface area contributed by atoms with E-state index in [9.17, 15) is 9.59 Å². The summed E-state index contributed by atoms with van der Waals surface area (Å²) in [4.78, 5) is 27.2. The van der Waals surface area contributed by atoms with Gasteiger partial charge in [-0.3, -0.25) is 9.59 Å². The molecule has 22 heavy (non-hydrogen) atoms. The molecule has 1 aromatic heterocycles. The van der Waals surface area contributed by atoms with Crippen LogP contribution in [0, 0.1) is 0 Å². The van der Waals surface area contributed by atoms with Gasteiger partial charge in [0.05, 0.1) is 18.4 Å². The Morgan fingerprint density at radius 3 is 2.64 bits per heavy atom. The first kappa shape index (κ1) is 15.8. The predicted octanol–water partition coefficient (Wildman–Crippen LogP) is 2.95. The number of hydrogen-bond donors (Lipinski definition) is 2. The lowest BCUT2D eigenvalue weighted by atomic mass is 10.2. The van der Waals surface area contributed by atoms with Crippen LogP contribution >= 0.6 is 11.6 Å². The summed E-state index contributed by atoms with van der Waals surface area (Å²) in [5.41, 5.74) is 1.20. The number of pyridine rings is 1. The summed E-state index contributed by atoms with van der Waals surface area (Å²) in [5, 5.41) is 5.44. The minimum Gasteiger partial charge on any atom is -0.495 e. The van der Waals surface area contributed by atoms with Gasteiger partial charge in [-0.1, -0.05) is 11.6 Å². The highest BCUT2D eigenvalue weighted by Crippen LogP contribution is 2.28. The Bertz CT molecular complexity index is 719. The number of rotatable bonds is 4. The number of amides is 2. The Hall–Kier alpha value is -2.60. The van der Waals surface area contributed by atoms with Crippen molar-refractivity contribution in [2.45, 2.75) is 6.92 Å². The number of halogens is 1. The lowest BCUT2D eigenvalue weighted by Gasteiger charge is -2.12. The maximum atomic E-state index is 12.3. The van der Waals surface area contributed by atoms with Crippen LogP contribution in [-0.2, 0) is 4.79 Å². The number of nitrogens with one attached hydrogen (secondary N) is 2. The third kappa shape index (κ3) is 3.73. The van der Waals surface area contributed by atoms with Crippen LogP contribution in [0.2, 0.25) is 5.15 Å². The van der Waals surface area contributed by atoms with E-state index in [0.717, 1.165) is 0 Å². The first-order valence-corrected chi connectivity index (χ1v) is 6.76. The number of methoxy groups -OCH3 is 1. The minimum absolute atomic E-state index is 0.108. The van der Waals surface area contributed by atoms with Crippen LogP contribution in [0.15, 0.2) is 36.5 Å². The zero-order valence-corrected chi connectivity index (χ0v) is 12.8. The van der Waals surface area contributed by atoms with Gasteiger partial charge >= 0.3 is 0 Å². The van der Waals surface area contributed by atoms with Gasteiger partial charge in [0.1, 0.15) is 10.9 Å². The van der Waals surface area contributed by atoms with E-state index in [0.29, 0.717) is 17.1 Å². The van der Waals surface area contributed by atoms with Crippen molar-refractivity contribution in [3.63, 3.8) is 0 Å². The molecule has 114 valence electrons. The van der Waals surface area contributed by atoms with Gasteiger partial charge in [0.2, 0.25) is 5.91 Å². The Labute approximate surface area is 132 Å². The van der Waals surface area contributed by atoms with Gasteiger partial charge in [0.15, 0.2) is 0 Å². The number of aromatic nitrogens is 1. The Kier molecular flexibility index (Phi) is 4.95. The van der Waals surface area contributed by atoms with E-state index in [-0.39, 0.29) is 16.6 Å². The summed E-state index contributed by atoms with van der Waals surface area (Å²) < 4.78 is 5.20. The monoisotopic (exact) mass is 319 g/mol. The molecule has 0 saturated carbocycles. The smallest absolute Gasteiger partial charge is 0.258 e. The van der Waals surface area contributed by atoms with Crippen molar-refractivity contribution < 1.29 is 14.3 Å². The van der Waals surface area contributed by atoms with Crippen LogP contribution in [0.4, 0.5) is 11.4 Å². The SMILES string of the molecule is COc1ccc(NC(C)=O)cc1NC(=O)c1cccnc1Cl. The molecular formula is C15H14ClN3O3. The molecule has 2 amide bonds. The third-order valence-corrected chi connectivity index (χ3v) is 3.07. The van der Waals surface area contributed by atoms with E-state index in [1.54, 1.807) is 30.3 Å². The lowest BCUT2D eigenvalue weighted by Crippen LogP contribution is -2.14. The molecule has 0 fully saturated rings. The molecule has 0 spiro atoms. The number of hydrogen-bond acceptors (Lipinski definition) is 4. The first-order valence-electron chi connectivity index (χ1n) is 6.38. The molecular weight excluding hydrogens is 306 g/mol. The van der Waals surface area contributed by atoms with E-state index in [1.165, 1.54) is 20.2 Å². The molecule has 0 bridgehead atoms. The van der Waals surface area contributed by atoms with Crippen molar-refractivity contribution in [3.8, 4) is 5.75 Å². The van der Waals surface area contributed by atoms with Crippen LogP contribution in [0.25, 0.3) is 0 Å². The third-order valence-electron chi connectivity index (χ3n) is 2.77. The van der Waals surface area contributed by atoms with Crippen molar-refractivity contribution in [1.29, 1.82) is 0 Å². The molecule has 1 heterocycles. The molecule has 0 aliphatic carbocycles. The maximum absolute atomic E-state index is 12.3. The van der Waals surface area contributed by atoms with E-state index < -0.39 is 5.91 Å². The van der Waals surface area contributed by atoms with Crippen LogP contribution in [0.1, 0.15) is 17.3 Å². The second-order valence-corrected chi connectivity index (χ2v) is 4.75. The molecule has 0 radical (unpaired) electrons. The van der Waals surface area contributed by atoms with Crippen LogP contribution in [-0.4, -0.2) is 23.9 Å². The molecule has 0 atom stereocenters. The quantitative estimate of drug-likeness (QED) is 0.849. The average molecular weight is 320 g/mol. The zero-order chi connectivity index (χ0) is 16.1. The van der Waals surface area contributed by atoms with Gasteiger partial charge in [0, 0.05) is 18.8 Å². The molecule has 1 aromatic carbocycles. The molecule has 2 aromatic rings. The summed E-state index contributed by atoms with van der Waals surface area (Å²) in [6, 6.07) is 8.10. The lowest BCUT2D eigenvalue weighted by molar-refractivity contribution is -0.114. The van der Waals surface area contributed by atoms with Crippen molar-refractivity contribution >= 4 is 34.8 Å². The Morgan fingerprint density at radius 1 is 1.23 bits per heavy atom. The number of carbonyl (C=O) groups excluding carboxylic acids is 2. The summed E-state index contributed by atoms with van der Waals surface area (Å²) in [7, 11) is 1.49. The maximum Gasteiger partial charge on any atom is 0.258 e. The highest BCUT2D eigenvalue weighted by molar-refractivity contribution is 6.33. The normalized spacial score (nSPS) is 9.95. The van der Waals surface area contributed by atoms with Gasteiger partial charge in [0.25, 0.3) is 5.91 Å². The van der Waals surface area contributed by atoms with E-state index in [2.05, 4.69) is 15.6 Å². The fourth-order valence-electron chi connectivity index (χ4n) is 1.83. The summed E-state index contributed by atoms with van der Waals surface area (Å²) in [6.45, 7) is 1.40. The molecule has 0 unspecified atom stereocenters. The molecule has 6 nitrogen and oxygen atoms in total. The van der Waals surface area contributed by atoms with Gasteiger partial charge in [-0.15, -0.1) is 0 Å². The van der Waals surface area contributed by atoms with Gasteiger partial charge in [-0.2, -0.15) is 0 Å². The van der Waals surface area contributed by atoms with Crippen molar-refractivity contribution in [2.75, 3.05) is 17.7 Å². The summed E-state index contributed by atoms with van der Waals surface area (Å²) in [5.74, 6) is -0.170. The van der Waals surface area contributed by atoms with Crippen molar-refractivity contribution in [3.05, 3.63) is 47.2 Å². The number of ether oxygens (including phenoxy) is 1. The predicted molar refractivity (Wildman–Crippen MR) is 84.5 cm³/mol. The van der Waals surface area contributed by atoms with Crippen molar-refractivity contribution in [2.24, 2.45) is 0 Å². The molecule has 2 N–H and O–H groups in total. The highest BCUT2D eigenvalue weighted by atomic mass is 35.5. The van der Waals surface area contributed by atoms with Crippen LogP contribution < -0.4 is 15.4 Å². The highest BCUT2D eigenvalue weighted by Gasteiger charge is 2.14. The first-order chi connectivity index (χ1) is 10.5. The molecule has 7 heteroatoms. The van der Waals surface area contributed by atoms with Gasteiger partial charge < -0.3 is 15.4 Å². The molecule has 0 aliphatic heterocycles. The van der Waals surface area contributed by atoms with Crippen LogP contribution in [0.5, 0.6) is 5.75 Å². The number of carbonyl (C=O) groups is 2. The second kappa shape index (κ2) is 6.91. The largest absolute Gasteiger partial charge is 0.495 e. The summed E-state index contributed by atoms with van der Waals surface area (Å²) in [6.07, 6.45) is 1.50. The fourth-order valence-corrected chi connectivity index (χ4v) is 2.04. The molecule has 2 rings (SSSR count). The topological polar surface area (TPSA) is 80.3 Å². The fraction of sp³-hybridized carbons (Fsp3) is 0.133. The summed E-state index contributed by atoms with van der Waals surface area (Å²) >= 11 is 5.90. The van der Waals surface area contributed by atoms with Gasteiger partial charge in [-0.05, 0) is 30.3 Å². The van der Waals surface area contributed by atoms with E-state index >= 15 is 0 Å². The zero-order valence-electron chi connectivity index (χ0n) is 12.0. The van der Waals surface area contributed by atoms with E-state index in [1.807, 2.05) is 0 Å². The second-order valence-electron chi connectivity index (χ2n) is 4.39. The van der Waals surface area contributed by atoms with E-state index in [4.69, 9.17) is 16.3 Å². The minimum atomic E-state index is -0.420. The molecule has 0 saturated heterocycles. The van der Waals surface area contributed by atoms with Crippen molar-refractivity contribution in [1.82, 2.24) is 4.98 Å². The Balaban J connectivity index is 2.29. The average Bonchev–Trinajstić information content (AvgIpc) is 2.47. The van der Waals surface area contributed by atoms with Crippen LogP contribution in [0.3, 0.4) is 0 Å². The Morgan fingerprint density at radius 2 is 2.00 bits per heavy atom.